The minimum atomic E-state index is -0.937. The van der Waals surface area contributed by atoms with Crippen molar-refractivity contribution < 1.29 is 33.0 Å². The van der Waals surface area contributed by atoms with E-state index >= 15 is 0 Å². The molecule has 0 radical (unpaired) electrons. The maximum absolute atomic E-state index is 14.5. The van der Waals surface area contributed by atoms with Crippen molar-refractivity contribution in [1.29, 1.82) is 0 Å². The van der Waals surface area contributed by atoms with Gasteiger partial charge in [-0.05, 0) is 148 Å². The summed E-state index contributed by atoms with van der Waals surface area (Å²) in [5.41, 5.74) is 6.97. The number of esters is 3. The number of fused-ring (bicyclic) bond motifs is 7. The zero-order valence-electron chi connectivity index (χ0n) is 35.3. The summed E-state index contributed by atoms with van der Waals surface area (Å²) in [7, 11) is 0. The third kappa shape index (κ3) is 7.24. The Morgan fingerprint density at radius 2 is 1.55 bits per heavy atom. The van der Waals surface area contributed by atoms with Crippen molar-refractivity contribution in [3.05, 3.63) is 41.7 Å². The second-order valence-corrected chi connectivity index (χ2v) is 20.1. The largest absolute Gasteiger partial charge is 0.462 e. The van der Waals surface area contributed by atoms with Gasteiger partial charge in [-0.15, -0.1) is 0 Å². The van der Waals surface area contributed by atoms with Gasteiger partial charge in [0.05, 0.1) is 11.0 Å². The van der Waals surface area contributed by atoms with Crippen LogP contribution in [0, 0.1) is 62.5 Å². The Morgan fingerprint density at radius 1 is 0.839 bits per heavy atom. The average molecular weight is 777 g/mol. The van der Waals surface area contributed by atoms with E-state index in [1.807, 2.05) is 0 Å². The molecule has 5 aliphatic carbocycles. The fourth-order valence-electron chi connectivity index (χ4n) is 14.1. The Labute approximate surface area is 335 Å². The number of unbranched alkanes of at least 4 members (excludes halogenated alkanes) is 4. The first-order valence-electron chi connectivity index (χ1n) is 21.7. The van der Waals surface area contributed by atoms with Crippen LogP contribution in [0.15, 0.2) is 30.4 Å². The Hall–Kier alpha value is -3.23. The molecule has 1 amide bonds. The third-order valence-corrected chi connectivity index (χ3v) is 17.1. The fraction of sp³-hybridized carbons (Fsp3) is 0.745. The highest BCUT2D eigenvalue weighted by molar-refractivity contribution is 6.00. The molecule has 0 saturated heterocycles. The highest BCUT2D eigenvalue weighted by Crippen LogP contribution is 2.77. The van der Waals surface area contributed by atoms with Crippen LogP contribution in [-0.2, 0) is 23.9 Å². The lowest BCUT2D eigenvalue weighted by Gasteiger charge is -2.72. The van der Waals surface area contributed by atoms with Crippen molar-refractivity contribution in [2.75, 3.05) is 12.3 Å². The Balaban J connectivity index is 1.04. The van der Waals surface area contributed by atoms with Crippen LogP contribution in [-0.4, -0.2) is 36.5 Å². The number of benzene rings is 1. The summed E-state index contributed by atoms with van der Waals surface area (Å²) in [5, 5.41) is 3.42. The molecule has 0 aromatic heterocycles. The maximum atomic E-state index is 14.5. The summed E-state index contributed by atoms with van der Waals surface area (Å²) >= 11 is 0. The average Bonchev–Trinajstić information content (AvgIpc) is 3.53. The summed E-state index contributed by atoms with van der Waals surface area (Å²) in [6.07, 6.45) is 14.9. The lowest BCUT2D eigenvalue weighted by molar-refractivity contribution is -0.248. The number of carbonyl (C=O) groups is 4. The van der Waals surface area contributed by atoms with Crippen LogP contribution in [0.4, 0.5) is 10.1 Å². The molecule has 3 N–H and O–H groups in total. The van der Waals surface area contributed by atoms with Crippen molar-refractivity contribution in [2.24, 2.45) is 56.7 Å². The summed E-state index contributed by atoms with van der Waals surface area (Å²) < 4.78 is 24.4. The number of carbonyl (C=O) groups excluding carboxylic acids is 4. The number of amides is 1. The minimum absolute atomic E-state index is 0.0249. The van der Waals surface area contributed by atoms with E-state index in [1.165, 1.54) is 24.5 Å². The molecule has 310 valence electrons. The standard InChI is InChI=1S/C47H69FN2O6/c1-29(2)32-19-24-47(42(54)50-27-13-11-9-10-12-14-39(52)56-41(53)33-28-31(48)15-17-35(33)49)26-25-45(7)34(40(32)47)16-18-37-44(6)22-21-38(55-30(3)51)43(4,5)36(44)20-23-46(37,45)8/h15,17,28,32,34,36-38,40H,1,9-14,16,18-27,49H2,2-8H3,(H,50,54)/t32-,34+,36-,37?,38-,40+,44-,45+,46+,47-/m0/s1. The molecule has 1 unspecified atom stereocenters. The Kier molecular flexibility index (Phi) is 12.0. The van der Waals surface area contributed by atoms with Crippen LogP contribution in [0.2, 0.25) is 0 Å². The predicted octanol–water partition coefficient (Wildman–Crippen LogP) is 10.1. The number of ether oxygens (including phenoxy) is 2. The van der Waals surface area contributed by atoms with E-state index in [1.54, 1.807) is 6.92 Å². The van der Waals surface area contributed by atoms with Crippen LogP contribution in [0.3, 0.4) is 0 Å². The van der Waals surface area contributed by atoms with Crippen LogP contribution >= 0.6 is 0 Å². The number of nitrogen functional groups attached to an aromatic ring is 1. The van der Waals surface area contributed by atoms with Crippen molar-refractivity contribution in [1.82, 2.24) is 5.32 Å². The molecule has 0 heterocycles. The van der Waals surface area contributed by atoms with Gasteiger partial charge in [0.15, 0.2) is 0 Å². The number of hydrogen-bond acceptors (Lipinski definition) is 7. The van der Waals surface area contributed by atoms with Gasteiger partial charge in [-0.25, -0.2) is 9.18 Å². The molecule has 56 heavy (non-hydrogen) atoms. The number of hydrogen-bond donors (Lipinski definition) is 2. The number of nitrogens with one attached hydrogen (secondary N) is 1. The SMILES string of the molecule is C=C(C)[C@@H]1CC[C@]2(C(=O)NCCCCCCCC(=O)OC(=O)c3cc(F)ccc3N)CC[C@]3(C)[C@H](CCC4[C@@]5(C)CC[C@H](OC(C)=O)C(C)(C)[C@@H]5CC[C@]43C)[C@@H]12. The van der Waals surface area contributed by atoms with E-state index in [0.29, 0.717) is 42.6 Å². The van der Waals surface area contributed by atoms with Gasteiger partial charge >= 0.3 is 17.9 Å². The van der Waals surface area contributed by atoms with E-state index < -0.39 is 17.8 Å². The van der Waals surface area contributed by atoms with Crippen LogP contribution in [0.1, 0.15) is 162 Å². The van der Waals surface area contributed by atoms with Crippen LogP contribution < -0.4 is 11.1 Å². The molecule has 9 heteroatoms. The Bertz CT molecular complexity index is 1710. The van der Waals surface area contributed by atoms with Gasteiger partial charge in [-0.1, -0.05) is 66.0 Å². The van der Waals surface area contributed by atoms with E-state index in [2.05, 4.69) is 53.4 Å². The molecule has 6 rings (SSSR count). The number of halogens is 1. The molecule has 10 atom stereocenters. The molecule has 0 spiro atoms. The maximum Gasteiger partial charge on any atom is 0.347 e. The smallest absolute Gasteiger partial charge is 0.347 e. The van der Waals surface area contributed by atoms with Crippen molar-refractivity contribution in [3.8, 4) is 0 Å². The molecule has 1 aromatic rings. The molecule has 5 saturated carbocycles. The zero-order chi connectivity index (χ0) is 40.8. The number of rotatable bonds is 12. The van der Waals surface area contributed by atoms with E-state index in [4.69, 9.17) is 15.2 Å². The normalized spacial score (nSPS) is 36.9. The molecule has 0 bridgehead atoms. The number of allylic oxidation sites excluding steroid dienone is 1. The first kappa shape index (κ1) is 42.4. The van der Waals surface area contributed by atoms with Crippen molar-refractivity contribution in [3.63, 3.8) is 0 Å². The molecule has 5 aliphatic rings. The van der Waals surface area contributed by atoms with Gasteiger partial charge in [0.25, 0.3) is 0 Å². The first-order chi connectivity index (χ1) is 26.3. The van der Waals surface area contributed by atoms with Crippen molar-refractivity contribution >= 4 is 29.5 Å². The molecule has 5 fully saturated rings. The molecular formula is C47H69FN2O6. The topological polar surface area (TPSA) is 125 Å². The summed E-state index contributed by atoms with van der Waals surface area (Å²) in [4.78, 5) is 51.0. The van der Waals surface area contributed by atoms with E-state index in [9.17, 15) is 23.6 Å². The molecular weight excluding hydrogens is 708 g/mol. The highest BCUT2D eigenvalue weighted by atomic mass is 19.1. The highest BCUT2D eigenvalue weighted by Gasteiger charge is 2.72. The minimum Gasteiger partial charge on any atom is -0.462 e. The fourth-order valence-corrected chi connectivity index (χ4v) is 14.1. The number of anilines is 1. The summed E-state index contributed by atoms with van der Waals surface area (Å²) in [5.74, 6) is 0.129. The van der Waals surface area contributed by atoms with Crippen LogP contribution in [0.5, 0.6) is 0 Å². The quantitative estimate of drug-likeness (QED) is 0.0712. The van der Waals surface area contributed by atoms with Gasteiger partial charge in [0.2, 0.25) is 5.91 Å². The van der Waals surface area contributed by atoms with Gasteiger partial charge in [0, 0.05) is 31.0 Å². The number of nitrogens with two attached hydrogens (primary N) is 1. The van der Waals surface area contributed by atoms with Crippen LogP contribution in [0.25, 0.3) is 0 Å². The molecule has 0 aliphatic heterocycles. The van der Waals surface area contributed by atoms with Gasteiger partial charge in [0.1, 0.15) is 11.9 Å². The third-order valence-electron chi connectivity index (χ3n) is 17.1. The zero-order valence-corrected chi connectivity index (χ0v) is 35.3. The van der Waals surface area contributed by atoms with E-state index in [-0.39, 0.29) is 62.7 Å². The van der Waals surface area contributed by atoms with Gasteiger partial charge in [-0.3, -0.25) is 14.4 Å². The summed E-state index contributed by atoms with van der Waals surface area (Å²) in [6, 6.07) is 3.39. The first-order valence-corrected chi connectivity index (χ1v) is 21.7. The lowest BCUT2D eigenvalue weighted by atomic mass is 9.32. The summed E-state index contributed by atoms with van der Waals surface area (Å²) in [6.45, 7) is 21.4. The lowest BCUT2D eigenvalue weighted by Crippen LogP contribution is -2.67. The predicted molar refractivity (Wildman–Crippen MR) is 216 cm³/mol. The van der Waals surface area contributed by atoms with Gasteiger partial charge < -0.3 is 20.5 Å². The second-order valence-electron chi connectivity index (χ2n) is 20.1. The Morgan fingerprint density at radius 3 is 2.27 bits per heavy atom. The second kappa shape index (κ2) is 15.8. The monoisotopic (exact) mass is 777 g/mol. The van der Waals surface area contributed by atoms with E-state index in [0.717, 1.165) is 89.2 Å². The molecule has 1 aromatic carbocycles. The van der Waals surface area contributed by atoms with Crippen molar-refractivity contribution in [2.45, 2.75) is 157 Å². The van der Waals surface area contributed by atoms with Gasteiger partial charge in [-0.2, -0.15) is 0 Å². The molecule has 8 nitrogen and oxygen atoms in total.